The summed E-state index contributed by atoms with van der Waals surface area (Å²) in [5.74, 6) is 0.692. The van der Waals surface area contributed by atoms with Crippen molar-refractivity contribution in [2.45, 2.75) is 64.3 Å². The van der Waals surface area contributed by atoms with Gasteiger partial charge in [0.2, 0.25) is 0 Å². The van der Waals surface area contributed by atoms with Gasteiger partial charge < -0.3 is 9.67 Å². The van der Waals surface area contributed by atoms with Crippen LogP contribution in [0.15, 0.2) is 18.2 Å². The van der Waals surface area contributed by atoms with E-state index in [-0.39, 0.29) is 12.2 Å². The predicted molar refractivity (Wildman–Crippen MR) is 92.4 cm³/mol. The molecule has 1 fully saturated rings. The molecule has 0 saturated heterocycles. The first kappa shape index (κ1) is 16.7. The largest absolute Gasteiger partial charge is 0.481 e. The standard InChI is InChI=1S/C19H24N2O3/c1-2-17(22)14-8-9-16-15(12-14)20-19(13-6-4-3-5-7-13)21(16)11-10-18(23)24/h8-9,12-13H,2-7,10-11H2,1H3,(H,23,24). The number of hydrogen-bond donors (Lipinski definition) is 1. The molecular weight excluding hydrogens is 304 g/mol. The van der Waals surface area contributed by atoms with Crippen LogP contribution in [0.3, 0.4) is 0 Å². The molecule has 1 aromatic carbocycles. The number of benzene rings is 1. The molecule has 24 heavy (non-hydrogen) atoms. The van der Waals surface area contributed by atoms with Crippen LogP contribution in [0, 0.1) is 0 Å². The third kappa shape index (κ3) is 3.35. The fraction of sp³-hybridized carbons (Fsp3) is 0.526. The van der Waals surface area contributed by atoms with Gasteiger partial charge in [0.15, 0.2) is 5.78 Å². The summed E-state index contributed by atoms with van der Waals surface area (Å²) < 4.78 is 2.06. The lowest BCUT2D eigenvalue weighted by atomic mass is 9.88. The van der Waals surface area contributed by atoms with Crippen LogP contribution in [0.4, 0.5) is 0 Å². The molecule has 0 amide bonds. The first-order valence-corrected chi connectivity index (χ1v) is 8.85. The Bertz CT molecular complexity index is 757. The average Bonchev–Trinajstić information content (AvgIpc) is 2.97. The molecule has 1 saturated carbocycles. The number of carboxylic acids is 1. The highest BCUT2D eigenvalue weighted by molar-refractivity contribution is 5.98. The summed E-state index contributed by atoms with van der Waals surface area (Å²) in [5, 5.41) is 9.06. The van der Waals surface area contributed by atoms with Crippen molar-refractivity contribution in [3.8, 4) is 0 Å². The second kappa shape index (κ2) is 7.16. The lowest BCUT2D eigenvalue weighted by Gasteiger charge is -2.22. The summed E-state index contributed by atoms with van der Waals surface area (Å²) in [4.78, 5) is 27.8. The number of aromatic nitrogens is 2. The molecule has 5 nitrogen and oxygen atoms in total. The fourth-order valence-corrected chi connectivity index (χ4v) is 3.64. The smallest absolute Gasteiger partial charge is 0.305 e. The summed E-state index contributed by atoms with van der Waals surface area (Å²) in [6.07, 6.45) is 6.44. The second-order valence-electron chi connectivity index (χ2n) is 6.58. The first-order valence-electron chi connectivity index (χ1n) is 8.85. The Kier molecular flexibility index (Phi) is 4.97. The van der Waals surface area contributed by atoms with Crippen molar-refractivity contribution in [2.24, 2.45) is 0 Å². The van der Waals surface area contributed by atoms with Gasteiger partial charge in [-0.3, -0.25) is 9.59 Å². The highest BCUT2D eigenvalue weighted by Crippen LogP contribution is 2.34. The zero-order valence-electron chi connectivity index (χ0n) is 14.1. The number of rotatable bonds is 6. The van der Waals surface area contributed by atoms with Crippen molar-refractivity contribution in [3.05, 3.63) is 29.6 Å². The van der Waals surface area contributed by atoms with Crippen molar-refractivity contribution < 1.29 is 14.7 Å². The number of aliphatic carboxylic acids is 1. The van der Waals surface area contributed by atoms with E-state index in [0.29, 0.717) is 24.4 Å². The molecule has 0 bridgehead atoms. The molecule has 0 atom stereocenters. The Morgan fingerprint density at radius 2 is 2.00 bits per heavy atom. The zero-order valence-corrected chi connectivity index (χ0v) is 14.1. The molecule has 128 valence electrons. The van der Waals surface area contributed by atoms with Crippen LogP contribution in [-0.4, -0.2) is 26.4 Å². The molecule has 0 spiro atoms. The normalized spacial score (nSPS) is 15.7. The summed E-state index contributed by atoms with van der Waals surface area (Å²) in [6.45, 7) is 2.28. The lowest BCUT2D eigenvalue weighted by Crippen LogP contribution is -2.14. The molecule has 1 aliphatic carbocycles. The Hall–Kier alpha value is -2.17. The van der Waals surface area contributed by atoms with E-state index < -0.39 is 5.97 Å². The van der Waals surface area contributed by atoms with Crippen LogP contribution in [0.5, 0.6) is 0 Å². The Labute approximate surface area is 141 Å². The number of carbonyl (C=O) groups excluding carboxylic acids is 1. The second-order valence-corrected chi connectivity index (χ2v) is 6.58. The van der Waals surface area contributed by atoms with Gasteiger partial charge in [-0.15, -0.1) is 0 Å². The minimum absolute atomic E-state index is 0.0841. The molecule has 0 unspecified atom stereocenters. The maximum absolute atomic E-state index is 12.0. The van der Waals surface area contributed by atoms with Crippen LogP contribution in [0.1, 0.15) is 74.0 Å². The van der Waals surface area contributed by atoms with E-state index in [1.807, 2.05) is 25.1 Å². The fourth-order valence-electron chi connectivity index (χ4n) is 3.64. The number of imidazole rings is 1. The van der Waals surface area contributed by atoms with E-state index in [2.05, 4.69) is 4.57 Å². The van der Waals surface area contributed by atoms with Gasteiger partial charge in [0.25, 0.3) is 0 Å². The van der Waals surface area contributed by atoms with Gasteiger partial charge in [-0.25, -0.2) is 4.98 Å². The first-order chi connectivity index (χ1) is 11.6. The third-order valence-corrected chi connectivity index (χ3v) is 4.94. The van der Waals surface area contributed by atoms with Crippen LogP contribution in [0.2, 0.25) is 0 Å². The van der Waals surface area contributed by atoms with E-state index in [1.165, 1.54) is 19.3 Å². The Morgan fingerprint density at radius 1 is 1.25 bits per heavy atom. The molecule has 5 heteroatoms. The van der Waals surface area contributed by atoms with Crippen molar-refractivity contribution >= 4 is 22.8 Å². The number of nitrogens with zero attached hydrogens (tertiary/aromatic N) is 2. The van der Waals surface area contributed by atoms with Crippen LogP contribution in [0.25, 0.3) is 11.0 Å². The van der Waals surface area contributed by atoms with Crippen LogP contribution < -0.4 is 0 Å². The third-order valence-electron chi connectivity index (χ3n) is 4.94. The van der Waals surface area contributed by atoms with Gasteiger partial charge in [0.05, 0.1) is 17.5 Å². The Morgan fingerprint density at radius 3 is 2.67 bits per heavy atom. The van der Waals surface area contributed by atoms with Crippen LogP contribution >= 0.6 is 0 Å². The molecular formula is C19H24N2O3. The lowest BCUT2D eigenvalue weighted by molar-refractivity contribution is -0.137. The minimum Gasteiger partial charge on any atom is -0.481 e. The van der Waals surface area contributed by atoms with Gasteiger partial charge in [0, 0.05) is 24.4 Å². The van der Waals surface area contributed by atoms with Crippen LogP contribution in [-0.2, 0) is 11.3 Å². The molecule has 1 heterocycles. The number of ketones is 1. The molecule has 3 rings (SSSR count). The molecule has 0 aliphatic heterocycles. The SMILES string of the molecule is CCC(=O)c1ccc2c(c1)nc(C1CCCCC1)n2CCC(=O)O. The maximum atomic E-state index is 12.0. The van der Waals surface area contributed by atoms with E-state index in [9.17, 15) is 9.59 Å². The van der Waals surface area contributed by atoms with Crippen molar-refractivity contribution in [1.29, 1.82) is 0 Å². The van der Waals surface area contributed by atoms with Crippen molar-refractivity contribution in [3.63, 3.8) is 0 Å². The molecule has 1 N–H and O–H groups in total. The van der Waals surface area contributed by atoms with Gasteiger partial charge in [-0.2, -0.15) is 0 Å². The topological polar surface area (TPSA) is 72.2 Å². The van der Waals surface area contributed by atoms with Gasteiger partial charge in [0.1, 0.15) is 5.82 Å². The quantitative estimate of drug-likeness (QED) is 0.809. The number of carbonyl (C=O) groups is 2. The number of hydrogen-bond acceptors (Lipinski definition) is 3. The number of Topliss-reactive ketones (excluding diaryl/α,β-unsaturated/α-hetero) is 1. The average molecular weight is 328 g/mol. The monoisotopic (exact) mass is 328 g/mol. The summed E-state index contributed by atoms with van der Waals surface area (Å²) in [6, 6.07) is 5.60. The van der Waals surface area contributed by atoms with Gasteiger partial charge in [-0.1, -0.05) is 26.2 Å². The van der Waals surface area contributed by atoms with E-state index in [1.54, 1.807) is 0 Å². The highest BCUT2D eigenvalue weighted by Gasteiger charge is 2.23. The molecule has 1 aliphatic rings. The molecule has 1 aromatic heterocycles. The highest BCUT2D eigenvalue weighted by atomic mass is 16.4. The van der Waals surface area contributed by atoms with E-state index in [4.69, 9.17) is 10.1 Å². The number of carboxylic acid groups (broad SMARTS) is 1. The minimum atomic E-state index is -0.802. The maximum Gasteiger partial charge on any atom is 0.305 e. The predicted octanol–water partition coefficient (Wildman–Crippen LogP) is 4.15. The van der Waals surface area contributed by atoms with E-state index in [0.717, 1.165) is 29.7 Å². The molecule has 0 radical (unpaired) electrons. The number of fused-ring (bicyclic) bond motifs is 1. The summed E-state index contributed by atoms with van der Waals surface area (Å²) in [5.41, 5.74) is 2.42. The van der Waals surface area contributed by atoms with E-state index >= 15 is 0 Å². The van der Waals surface area contributed by atoms with Crippen molar-refractivity contribution in [2.75, 3.05) is 0 Å². The molecule has 2 aromatic rings. The van der Waals surface area contributed by atoms with Crippen molar-refractivity contribution in [1.82, 2.24) is 9.55 Å². The summed E-state index contributed by atoms with van der Waals surface area (Å²) in [7, 11) is 0. The number of aryl methyl sites for hydroxylation is 1. The summed E-state index contributed by atoms with van der Waals surface area (Å²) >= 11 is 0. The zero-order chi connectivity index (χ0) is 17.1. The van der Waals surface area contributed by atoms with Gasteiger partial charge in [-0.05, 0) is 31.0 Å². The van der Waals surface area contributed by atoms with Gasteiger partial charge >= 0.3 is 5.97 Å². The Balaban J connectivity index is 2.04.